The third kappa shape index (κ3) is 5.77. The van der Waals surface area contributed by atoms with E-state index in [0.717, 1.165) is 11.5 Å². The van der Waals surface area contributed by atoms with Crippen molar-refractivity contribution >= 4 is 29.3 Å². The number of carbonyl (C=O) groups is 1. The molecule has 0 fully saturated rings. The molecule has 0 aliphatic rings. The van der Waals surface area contributed by atoms with Gasteiger partial charge < -0.3 is 10.1 Å². The number of aryl methyl sites for hydroxylation is 1. The lowest BCUT2D eigenvalue weighted by molar-refractivity contribution is -0.127. The Morgan fingerprint density at radius 2 is 1.92 bits per heavy atom. The Bertz CT molecular complexity index is 678. The number of para-hydroxylation sites is 1. The van der Waals surface area contributed by atoms with Gasteiger partial charge in [-0.05, 0) is 37.1 Å². The molecule has 0 saturated heterocycles. The van der Waals surface area contributed by atoms with Gasteiger partial charge in [-0.3, -0.25) is 4.79 Å². The minimum absolute atomic E-state index is 0.133. The summed E-state index contributed by atoms with van der Waals surface area (Å²) in [6, 6.07) is 15.5. The van der Waals surface area contributed by atoms with Gasteiger partial charge in [-0.1, -0.05) is 48.0 Å². The van der Waals surface area contributed by atoms with E-state index >= 15 is 0 Å². The van der Waals surface area contributed by atoms with E-state index in [1.807, 2.05) is 18.2 Å². The Morgan fingerprint density at radius 3 is 2.67 bits per heavy atom. The van der Waals surface area contributed by atoms with E-state index in [4.69, 9.17) is 16.3 Å². The molecular formula is C19H22ClNO2S. The zero-order chi connectivity index (χ0) is 17.4. The van der Waals surface area contributed by atoms with Crippen LogP contribution >= 0.6 is 23.4 Å². The zero-order valence-corrected chi connectivity index (χ0v) is 15.5. The molecule has 0 aliphatic heterocycles. The SMILES string of the molecule is Cc1ccccc1CSCCNC(=O)C(C)Oc1ccccc1Cl. The molecule has 2 rings (SSSR count). The Labute approximate surface area is 152 Å². The number of rotatable bonds is 8. The number of amides is 1. The summed E-state index contributed by atoms with van der Waals surface area (Å²) in [4.78, 5) is 12.1. The van der Waals surface area contributed by atoms with Gasteiger partial charge in [-0.15, -0.1) is 0 Å². The van der Waals surface area contributed by atoms with Crippen molar-refractivity contribution in [1.82, 2.24) is 5.32 Å². The van der Waals surface area contributed by atoms with Crippen LogP contribution in [0.15, 0.2) is 48.5 Å². The number of halogens is 1. The molecule has 24 heavy (non-hydrogen) atoms. The molecule has 5 heteroatoms. The highest BCUT2D eigenvalue weighted by molar-refractivity contribution is 7.98. The second-order valence-electron chi connectivity index (χ2n) is 5.46. The van der Waals surface area contributed by atoms with E-state index in [9.17, 15) is 4.79 Å². The van der Waals surface area contributed by atoms with E-state index in [-0.39, 0.29) is 5.91 Å². The van der Waals surface area contributed by atoms with E-state index in [1.54, 1.807) is 30.8 Å². The maximum absolute atomic E-state index is 12.1. The van der Waals surface area contributed by atoms with Crippen molar-refractivity contribution in [3.05, 3.63) is 64.7 Å². The number of hydrogen-bond donors (Lipinski definition) is 1. The van der Waals surface area contributed by atoms with Crippen LogP contribution in [0.5, 0.6) is 5.75 Å². The summed E-state index contributed by atoms with van der Waals surface area (Å²) in [5.41, 5.74) is 2.64. The highest BCUT2D eigenvalue weighted by atomic mass is 35.5. The van der Waals surface area contributed by atoms with E-state index < -0.39 is 6.10 Å². The van der Waals surface area contributed by atoms with Crippen molar-refractivity contribution in [1.29, 1.82) is 0 Å². The highest BCUT2D eigenvalue weighted by Crippen LogP contribution is 2.24. The summed E-state index contributed by atoms with van der Waals surface area (Å²) in [5, 5.41) is 3.40. The Hall–Kier alpha value is -1.65. The smallest absolute Gasteiger partial charge is 0.260 e. The molecule has 3 nitrogen and oxygen atoms in total. The van der Waals surface area contributed by atoms with Crippen molar-refractivity contribution < 1.29 is 9.53 Å². The van der Waals surface area contributed by atoms with Gasteiger partial charge in [0.2, 0.25) is 0 Å². The van der Waals surface area contributed by atoms with E-state index in [2.05, 4.69) is 30.4 Å². The molecule has 1 unspecified atom stereocenters. The second kappa shape index (κ2) is 9.60. The van der Waals surface area contributed by atoms with Gasteiger partial charge in [0.05, 0.1) is 5.02 Å². The fraction of sp³-hybridized carbons (Fsp3) is 0.316. The Morgan fingerprint density at radius 1 is 1.21 bits per heavy atom. The van der Waals surface area contributed by atoms with Crippen molar-refractivity contribution in [2.75, 3.05) is 12.3 Å². The lowest BCUT2D eigenvalue weighted by Crippen LogP contribution is -2.37. The third-order valence-electron chi connectivity index (χ3n) is 3.57. The van der Waals surface area contributed by atoms with E-state index in [1.165, 1.54) is 11.1 Å². The first kappa shape index (κ1) is 18.7. The van der Waals surface area contributed by atoms with Crippen molar-refractivity contribution in [3.8, 4) is 5.75 Å². The fourth-order valence-corrected chi connectivity index (χ4v) is 3.24. The van der Waals surface area contributed by atoms with Gasteiger partial charge >= 0.3 is 0 Å². The monoisotopic (exact) mass is 363 g/mol. The molecule has 2 aromatic carbocycles. The van der Waals surface area contributed by atoms with E-state index in [0.29, 0.717) is 17.3 Å². The normalized spacial score (nSPS) is 11.8. The van der Waals surface area contributed by atoms with Gasteiger partial charge in [0.15, 0.2) is 6.10 Å². The summed E-state index contributed by atoms with van der Waals surface area (Å²) in [7, 11) is 0. The molecule has 0 spiro atoms. The zero-order valence-electron chi connectivity index (χ0n) is 13.9. The maximum atomic E-state index is 12.1. The number of nitrogens with one attached hydrogen (secondary N) is 1. The summed E-state index contributed by atoms with van der Waals surface area (Å²) >= 11 is 7.83. The van der Waals surface area contributed by atoms with Crippen LogP contribution in [0, 0.1) is 6.92 Å². The minimum Gasteiger partial charge on any atom is -0.479 e. The predicted octanol–water partition coefficient (Wildman–Crippen LogP) is 4.47. The number of hydrogen-bond acceptors (Lipinski definition) is 3. The summed E-state index contributed by atoms with van der Waals surface area (Å²) in [6.07, 6.45) is -0.578. The highest BCUT2D eigenvalue weighted by Gasteiger charge is 2.15. The van der Waals surface area contributed by atoms with Crippen LogP contribution in [-0.4, -0.2) is 24.3 Å². The molecule has 1 amide bonds. The molecule has 0 aliphatic carbocycles. The summed E-state index contributed by atoms with van der Waals surface area (Å²) in [6.45, 7) is 4.45. The van der Waals surface area contributed by atoms with Crippen molar-refractivity contribution in [2.45, 2.75) is 25.7 Å². The standard InChI is InChI=1S/C19H22ClNO2S/c1-14-7-3-4-8-16(14)13-24-12-11-21-19(22)15(2)23-18-10-6-5-9-17(18)20/h3-10,15H,11-13H2,1-2H3,(H,21,22). The number of ether oxygens (including phenoxy) is 1. The molecule has 0 bridgehead atoms. The molecule has 0 aromatic heterocycles. The van der Waals surface area contributed by atoms with Gasteiger partial charge in [-0.2, -0.15) is 11.8 Å². The van der Waals surface area contributed by atoms with Crippen LogP contribution in [0.25, 0.3) is 0 Å². The fourth-order valence-electron chi connectivity index (χ4n) is 2.13. The summed E-state index contributed by atoms with van der Waals surface area (Å²) in [5.74, 6) is 2.20. The second-order valence-corrected chi connectivity index (χ2v) is 6.97. The van der Waals surface area contributed by atoms with Crippen molar-refractivity contribution in [2.24, 2.45) is 0 Å². The first-order chi connectivity index (χ1) is 11.6. The first-order valence-corrected chi connectivity index (χ1v) is 9.42. The molecule has 128 valence electrons. The molecular weight excluding hydrogens is 342 g/mol. The van der Waals surface area contributed by atoms with Crippen LogP contribution in [0.4, 0.5) is 0 Å². The van der Waals surface area contributed by atoms with Gasteiger partial charge in [-0.25, -0.2) is 0 Å². The van der Waals surface area contributed by atoms with Gasteiger partial charge in [0, 0.05) is 18.1 Å². The quantitative estimate of drug-likeness (QED) is 0.703. The van der Waals surface area contributed by atoms with Crippen LogP contribution in [-0.2, 0) is 10.5 Å². The van der Waals surface area contributed by atoms with Crippen LogP contribution in [0.3, 0.4) is 0 Å². The lowest BCUT2D eigenvalue weighted by Gasteiger charge is -2.15. The van der Waals surface area contributed by atoms with Gasteiger partial charge in [0.25, 0.3) is 5.91 Å². The van der Waals surface area contributed by atoms with Gasteiger partial charge in [0.1, 0.15) is 5.75 Å². The molecule has 0 radical (unpaired) electrons. The first-order valence-electron chi connectivity index (χ1n) is 7.89. The summed E-state index contributed by atoms with van der Waals surface area (Å²) < 4.78 is 5.60. The number of benzene rings is 2. The predicted molar refractivity (Wildman–Crippen MR) is 102 cm³/mol. The third-order valence-corrected chi connectivity index (χ3v) is 4.89. The van der Waals surface area contributed by atoms with Crippen LogP contribution < -0.4 is 10.1 Å². The largest absolute Gasteiger partial charge is 0.479 e. The number of thioether (sulfide) groups is 1. The topological polar surface area (TPSA) is 38.3 Å². The molecule has 1 N–H and O–H groups in total. The molecule has 2 aromatic rings. The average Bonchev–Trinajstić information content (AvgIpc) is 2.58. The molecule has 0 saturated carbocycles. The lowest BCUT2D eigenvalue weighted by atomic mass is 10.1. The minimum atomic E-state index is -0.578. The van der Waals surface area contributed by atoms with Crippen molar-refractivity contribution in [3.63, 3.8) is 0 Å². The Kier molecular flexibility index (Phi) is 7.47. The maximum Gasteiger partial charge on any atom is 0.260 e. The molecule has 0 heterocycles. The number of carbonyl (C=O) groups excluding carboxylic acids is 1. The van der Waals surface area contributed by atoms with Crippen LogP contribution in [0.1, 0.15) is 18.1 Å². The molecule has 1 atom stereocenters. The Balaban J connectivity index is 1.67. The van der Waals surface area contributed by atoms with Crippen LogP contribution in [0.2, 0.25) is 5.02 Å². The average molecular weight is 364 g/mol.